The minimum Gasteiger partial charge on any atom is -0.493 e. The number of pyridine rings is 1. The van der Waals surface area contributed by atoms with Crippen molar-refractivity contribution in [3.05, 3.63) is 53.2 Å². The summed E-state index contributed by atoms with van der Waals surface area (Å²) in [5.41, 5.74) is 1.58. The third-order valence-electron chi connectivity index (χ3n) is 2.98. The number of aromatic carboxylic acids is 1. The molecule has 0 saturated carbocycles. The van der Waals surface area contributed by atoms with Gasteiger partial charge in [-0.2, -0.15) is 0 Å². The van der Waals surface area contributed by atoms with Crippen molar-refractivity contribution in [1.82, 2.24) is 4.98 Å². The summed E-state index contributed by atoms with van der Waals surface area (Å²) < 4.78 is 11.1. The number of aryl methyl sites for hydroxylation is 1. The lowest BCUT2D eigenvalue weighted by atomic mass is 10.1. The van der Waals surface area contributed by atoms with Crippen LogP contribution in [-0.4, -0.2) is 22.7 Å². The van der Waals surface area contributed by atoms with Gasteiger partial charge in [0.05, 0.1) is 12.2 Å². The number of nitrogens with zero attached hydrogens (tertiary/aromatic N) is 1. The van der Waals surface area contributed by atoms with E-state index in [1.54, 1.807) is 18.3 Å². The van der Waals surface area contributed by atoms with E-state index in [1.165, 1.54) is 6.07 Å². The molecule has 0 aliphatic heterocycles. The van der Waals surface area contributed by atoms with Gasteiger partial charge in [-0.15, -0.1) is 0 Å². The maximum absolute atomic E-state index is 11.3. The van der Waals surface area contributed by atoms with Gasteiger partial charge in [0.2, 0.25) is 5.88 Å². The molecule has 0 aliphatic rings. The highest BCUT2D eigenvalue weighted by Crippen LogP contribution is 2.25. The Balaban J connectivity index is 2.29. The fourth-order valence-corrected chi connectivity index (χ4v) is 1.97. The number of ether oxygens (including phenoxy) is 2. The van der Waals surface area contributed by atoms with E-state index in [2.05, 4.69) is 4.98 Å². The van der Waals surface area contributed by atoms with Crippen LogP contribution in [0.1, 0.15) is 28.4 Å². The molecule has 0 aliphatic carbocycles. The van der Waals surface area contributed by atoms with Crippen LogP contribution in [0.3, 0.4) is 0 Å². The van der Waals surface area contributed by atoms with Crippen LogP contribution in [-0.2, 0) is 6.61 Å². The molecule has 0 atom stereocenters. The zero-order valence-electron chi connectivity index (χ0n) is 12.0. The summed E-state index contributed by atoms with van der Waals surface area (Å²) >= 11 is 0. The van der Waals surface area contributed by atoms with Crippen molar-refractivity contribution in [3.8, 4) is 11.6 Å². The number of benzene rings is 1. The average molecular weight is 287 g/mol. The standard InChI is InChI=1S/C16H17NO4/c1-3-20-14-8-4-7-12(16(18)19)13(14)10-21-15-11(2)6-5-9-17-15/h4-9H,3,10H2,1-2H3,(H,18,19). The van der Waals surface area contributed by atoms with Crippen molar-refractivity contribution in [3.63, 3.8) is 0 Å². The average Bonchev–Trinajstić information content (AvgIpc) is 2.47. The Morgan fingerprint density at radius 2 is 2.05 bits per heavy atom. The second-order valence-corrected chi connectivity index (χ2v) is 4.43. The van der Waals surface area contributed by atoms with Gasteiger partial charge in [-0.25, -0.2) is 9.78 Å². The summed E-state index contributed by atoms with van der Waals surface area (Å²) in [6, 6.07) is 8.63. The number of aromatic nitrogens is 1. The molecular formula is C16H17NO4. The molecule has 5 nitrogen and oxygen atoms in total. The van der Waals surface area contributed by atoms with Crippen molar-refractivity contribution in [2.75, 3.05) is 6.61 Å². The maximum atomic E-state index is 11.3. The van der Waals surface area contributed by atoms with Crippen LogP contribution in [0.2, 0.25) is 0 Å². The lowest BCUT2D eigenvalue weighted by molar-refractivity contribution is 0.0693. The Morgan fingerprint density at radius 3 is 2.71 bits per heavy atom. The minimum atomic E-state index is -1.01. The van der Waals surface area contributed by atoms with Gasteiger partial charge < -0.3 is 14.6 Å². The fraction of sp³-hybridized carbons (Fsp3) is 0.250. The Kier molecular flexibility index (Phi) is 4.77. The monoisotopic (exact) mass is 287 g/mol. The summed E-state index contributed by atoms with van der Waals surface area (Å²) in [5, 5.41) is 9.28. The summed E-state index contributed by atoms with van der Waals surface area (Å²) in [6.45, 7) is 4.28. The molecule has 1 N–H and O–H groups in total. The van der Waals surface area contributed by atoms with Gasteiger partial charge >= 0.3 is 5.97 Å². The number of carboxylic acids is 1. The summed E-state index contributed by atoms with van der Waals surface area (Å²) in [7, 11) is 0. The first kappa shape index (κ1) is 14.8. The maximum Gasteiger partial charge on any atom is 0.336 e. The van der Waals surface area contributed by atoms with Crippen LogP contribution in [0.15, 0.2) is 36.5 Å². The SMILES string of the molecule is CCOc1cccc(C(=O)O)c1COc1ncccc1C. The largest absolute Gasteiger partial charge is 0.493 e. The molecule has 1 aromatic heterocycles. The normalized spacial score (nSPS) is 10.2. The Hall–Kier alpha value is -2.56. The molecule has 0 bridgehead atoms. The molecule has 2 aromatic rings. The lowest BCUT2D eigenvalue weighted by Crippen LogP contribution is -2.09. The Morgan fingerprint density at radius 1 is 1.24 bits per heavy atom. The summed E-state index contributed by atoms with van der Waals surface area (Å²) in [6.07, 6.45) is 1.63. The first-order valence-corrected chi connectivity index (χ1v) is 6.66. The molecule has 21 heavy (non-hydrogen) atoms. The molecule has 0 spiro atoms. The molecule has 0 fully saturated rings. The quantitative estimate of drug-likeness (QED) is 0.884. The van der Waals surface area contributed by atoms with Crippen LogP contribution in [0.4, 0.5) is 0 Å². The van der Waals surface area contributed by atoms with Crippen molar-refractivity contribution >= 4 is 5.97 Å². The summed E-state index contributed by atoms with van der Waals surface area (Å²) in [5.74, 6) is -0.000907. The molecule has 110 valence electrons. The molecule has 2 rings (SSSR count). The predicted molar refractivity (Wildman–Crippen MR) is 77.9 cm³/mol. The van der Waals surface area contributed by atoms with Gasteiger partial charge in [0.1, 0.15) is 12.4 Å². The van der Waals surface area contributed by atoms with E-state index in [0.717, 1.165) is 5.56 Å². The Bertz CT molecular complexity index is 640. The van der Waals surface area contributed by atoms with E-state index in [1.807, 2.05) is 26.0 Å². The van der Waals surface area contributed by atoms with Crippen LogP contribution in [0, 0.1) is 6.92 Å². The van der Waals surface area contributed by atoms with E-state index < -0.39 is 5.97 Å². The minimum absolute atomic E-state index is 0.0929. The van der Waals surface area contributed by atoms with Crippen molar-refractivity contribution < 1.29 is 19.4 Å². The number of rotatable bonds is 6. The number of hydrogen-bond acceptors (Lipinski definition) is 4. The second-order valence-electron chi connectivity index (χ2n) is 4.43. The lowest BCUT2D eigenvalue weighted by Gasteiger charge is -2.14. The molecule has 1 aromatic carbocycles. The highest BCUT2D eigenvalue weighted by molar-refractivity contribution is 5.90. The molecule has 5 heteroatoms. The highest BCUT2D eigenvalue weighted by Gasteiger charge is 2.16. The zero-order chi connectivity index (χ0) is 15.2. The van der Waals surface area contributed by atoms with Gasteiger partial charge in [-0.05, 0) is 32.0 Å². The van der Waals surface area contributed by atoms with Gasteiger partial charge in [0, 0.05) is 17.3 Å². The van der Waals surface area contributed by atoms with Gasteiger partial charge in [-0.1, -0.05) is 12.1 Å². The smallest absolute Gasteiger partial charge is 0.336 e. The van der Waals surface area contributed by atoms with E-state index >= 15 is 0 Å². The molecule has 1 heterocycles. The second kappa shape index (κ2) is 6.74. The first-order valence-electron chi connectivity index (χ1n) is 6.66. The molecule has 0 radical (unpaired) electrons. The summed E-state index contributed by atoms with van der Waals surface area (Å²) in [4.78, 5) is 15.5. The predicted octanol–water partition coefficient (Wildman–Crippen LogP) is 3.07. The third kappa shape index (κ3) is 3.51. The molecule has 0 saturated heterocycles. The van der Waals surface area contributed by atoms with Gasteiger partial charge in [0.25, 0.3) is 0 Å². The van der Waals surface area contributed by atoms with Gasteiger partial charge in [-0.3, -0.25) is 0 Å². The van der Waals surface area contributed by atoms with Crippen LogP contribution in [0.5, 0.6) is 11.6 Å². The van der Waals surface area contributed by atoms with Crippen molar-refractivity contribution in [1.29, 1.82) is 0 Å². The van der Waals surface area contributed by atoms with Gasteiger partial charge in [0.15, 0.2) is 0 Å². The molecule has 0 amide bonds. The van der Waals surface area contributed by atoms with Crippen LogP contribution < -0.4 is 9.47 Å². The topological polar surface area (TPSA) is 68.7 Å². The van der Waals surface area contributed by atoms with Crippen LogP contribution in [0.25, 0.3) is 0 Å². The van der Waals surface area contributed by atoms with E-state index in [-0.39, 0.29) is 12.2 Å². The molecule has 0 unspecified atom stereocenters. The number of hydrogen-bond donors (Lipinski definition) is 1. The Labute approximate surface area is 123 Å². The van der Waals surface area contributed by atoms with Crippen molar-refractivity contribution in [2.24, 2.45) is 0 Å². The van der Waals surface area contributed by atoms with E-state index in [9.17, 15) is 9.90 Å². The zero-order valence-corrected chi connectivity index (χ0v) is 12.0. The van der Waals surface area contributed by atoms with E-state index in [0.29, 0.717) is 23.8 Å². The molecular weight excluding hydrogens is 270 g/mol. The fourth-order valence-electron chi connectivity index (χ4n) is 1.97. The van der Waals surface area contributed by atoms with E-state index in [4.69, 9.17) is 9.47 Å². The number of carboxylic acid groups (broad SMARTS) is 1. The highest BCUT2D eigenvalue weighted by atomic mass is 16.5. The van der Waals surface area contributed by atoms with Crippen LogP contribution >= 0.6 is 0 Å². The third-order valence-corrected chi connectivity index (χ3v) is 2.98. The first-order chi connectivity index (χ1) is 10.1. The van der Waals surface area contributed by atoms with Crippen molar-refractivity contribution in [2.45, 2.75) is 20.5 Å². The number of carbonyl (C=O) groups is 1.